The van der Waals surface area contributed by atoms with Gasteiger partial charge in [0.2, 0.25) is 0 Å². The molecule has 1 amide bonds. The molecule has 3 rings (SSSR count). The predicted octanol–water partition coefficient (Wildman–Crippen LogP) is 4.28. The van der Waals surface area contributed by atoms with Gasteiger partial charge in [-0.15, -0.1) is 0 Å². The van der Waals surface area contributed by atoms with Gasteiger partial charge < -0.3 is 24.4 Å². The zero-order valence-corrected chi connectivity index (χ0v) is 18.1. The van der Waals surface area contributed by atoms with Crippen LogP contribution in [0.5, 0.6) is 17.2 Å². The van der Waals surface area contributed by atoms with Gasteiger partial charge in [-0.1, -0.05) is 6.92 Å². The second kappa shape index (κ2) is 10.8. The van der Waals surface area contributed by atoms with Crippen molar-refractivity contribution in [2.45, 2.75) is 39.2 Å². The molecule has 1 aliphatic rings. The Balaban J connectivity index is 1.56. The third kappa shape index (κ3) is 5.59. The van der Waals surface area contributed by atoms with Crippen LogP contribution in [0, 0.1) is 0 Å². The summed E-state index contributed by atoms with van der Waals surface area (Å²) in [5, 5.41) is 3.18. The Hall–Kier alpha value is -2.89. The normalized spacial score (nSPS) is 14.3. The van der Waals surface area contributed by atoms with Crippen LogP contribution in [0.2, 0.25) is 0 Å². The minimum Gasteiger partial charge on any atom is -0.497 e. The van der Waals surface area contributed by atoms with Crippen molar-refractivity contribution in [3.63, 3.8) is 0 Å². The Kier molecular flexibility index (Phi) is 7.82. The van der Waals surface area contributed by atoms with Crippen LogP contribution in [-0.4, -0.2) is 45.4 Å². The first-order valence-corrected chi connectivity index (χ1v) is 10.7. The second-order valence-electron chi connectivity index (χ2n) is 7.38. The molecule has 0 aromatic heterocycles. The van der Waals surface area contributed by atoms with E-state index >= 15 is 0 Å². The van der Waals surface area contributed by atoms with Crippen molar-refractivity contribution >= 4 is 11.6 Å². The molecule has 0 aliphatic carbocycles. The van der Waals surface area contributed by atoms with E-state index in [4.69, 9.17) is 14.2 Å². The summed E-state index contributed by atoms with van der Waals surface area (Å²) < 4.78 is 16.6. The Labute approximate surface area is 179 Å². The molecule has 2 aromatic carbocycles. The van der Waals surface area contributed by atoms with Gasteiger partial charge in [0.05, 0.1) is 20.3 Å². The SMILES string of the molecule is CCCOc1ccc(C(=O)NC2CCN(c3ccc(OC)cc3)CC2)cc1OCC. The molecule has 6 nitrogen and oxygen atoms in total. The van der Waals surface area contributed by atoms with Gasteiger partial charge in [0.25, 0.3) is 5.91 Å². The molecule has 2 aromatic rings. The topological polar surface area (TPSA) is 60.0 Å². The summed E-state index contributed by atoms with van der Waals surface area (Å²) in [7, 11) is 1.67. The van der Waals surface area contributed by atoms with E-state index in [0.717, 1.165) is 38.1 Å². The largest absolute Gasteiger partial charge is 0.497 e. The second-order valence-corrected chi connectivity index (χ2v) is 7.38. The standard InChI is InChI=1S/C24H32N2O4/c1-4-16-30-22-11-6-18(17-23(22)29-5-2)24(27)25-19-12-14-26(15-13-19)20-7-9-21(28-3)10-8-20/h6-11,17,19H,4-5,12-16H2,1-3H3,(H,25,27). The highest BCUT2D eigenvalue weighted by Gasteiger charge is 2.22. The van der Waals surface area contributed by atoms with E-state index in [0.29, 0.717) is 30.3 Å². The van der Waals surface area contributed by atoms with Crippen LogP contribution >= 0.6 is 0 Å². The van der Waals surface area contributed by atoms with Crippen LogP contribution in [0.4, 0.5) is 5.69 Å². The summed E-state index contributed by atoms with van der Waals surface area (Å²) in [4.78, 5) is 15.1. The van der Waals surface area contributed by atoms with Crippen LogP contribution < -0.4 is 24.4 Å². The molecule has 0 radical (unpaired) electrons. The van der Waals surface area contributed by atoms with Crippen molar-refractivity contribution in [3.8, 4) is 17.2 Å². The lowest BCUT2D eigenvalue weighted by Gasteiger charge is -2.34. The van der Waals surface area contributed by atoms with Crippen molar-refractivity contribution in [1.29, 1.82) is 0 Å². The number of hydrogen-bond donors (Lipinski definition) is 1. The smallest absolute Gasteiger partial charge is 0.251 e. The lowest BCUT2D eigenvalue weighted by Crippen LogP contribution is -2.44. The van der Waals surface area contributed by atoms with Crippen molar-refractivity contribution in [1.82, 2.24) is 5.32 Å². The average Bonchev–Trinajstić information content (AvgIpc) is 2.79. The highest BCUT2D eigenvalue weighted by Crippen LogP contribution is 2.29. The van der Waals surface area contributed by atoms with Crippen LogP contribution in [0.15, 0.2) is 42.5 Å². The Morgan fingerprint density at radius 1 is 1.03 bits per heavy atom. The number of nitrogens with zero attached hydrogens (tertiary/aromatic N) is 1. The van der Waals surface area contributed by atoms with Gasteiger partial charge >= 0.3 is 0 Å². The number of anilines is 1. The molecule has 0 atom stereocenters. The van der Waals surface area contributed by atoms with Gasteiger partial charge in [-0.2, -0.15) is 0 Å². The molecule has 162 valence electrons. The Bertz CT molecular complexity index is 814. The fourth-order valence-corrected chi connectivity index (χ4v) is 3.59. The first-order chi connectivity index (χ1) is 14.6. The van der Waals surface area contributed by atoms with E-state index in [1.54, 1.807) is 19.2 Å². The maximum absolute atomic E-state index is 12.8. The molecule has 1 saturated heterocycles. The lowest BCUT2D eigenvalue weighted by molar-refractivity contribution is 0.0930. The Morgan fingerprint density at radius 2 is 1.77 bits per heavy atom. The van der Waals surface area contributed by atoms with E-state index in [1.807, 2.05) is 25.1 Å². The van der Waals surface area contributed by atoms with Crippen molar-refractivity contribution < 1.29 is 19.0 Å². The number of carbonyl (C=O) groups is 1. The molecule has 0 spiro atoms. The maximum atomic E-state index is 12.8. The molecule has 0 bridgehead atoms. The highest BCUT2D eigenvalue weighted by molar-refractivity contribution is 5.95. The summed E-state index contributed by atoms with van der Waals surface area (Å²) in [5.41, 5.74) is 1.78. The van der Waals surface area contributed by atoms with E-state index in [1.165, 1.54) is 5.69 Å². The molecule has 6 heteroatoms. The molecule has 1 N–H and O–H groups in total. The first kappa shape index (κ1) is 21.8. The van der Waals surface area contributed by atoms with Crippen LogP contribution in [0.1, 0.15) is 43.5 Å². The summed E-state index contributed by atoms with van der Waals surface area (Å²) in [6.45, 7) is 6.95. The molecule has 1 fully saturated rings. The number of methoxy groups -OCH3 is 1. The zero-order chi connectivity index (χ0) is 21.3. The van der Waals surface area contributed by atoms with Gasteiger partial charge in [-0.05, 0) is 68.7 Å². The summed E-state index contributed by atoms with van der Waals surface area (Å²) >= 11 is 0. The fourth-order valence-electron chi connectivity index (χ4n) is 3.59. The number of carbonyl (C=O) groups excluding carboxylic acids is 1. The predicted molar refractivity (Wildman–Crippen MR) is 119 cm³/mol. The maximum Gasteiger partial charge on any atom is 0.251 e. The summed E-state index contributed by atoms with van der Waals surface area (Å²) in [5.74, 6) is 2.09. The van der Waals surface area contributed by atoms with E-state index in [9.17, 15) is 4.79 Å². The fraction of sp³-hybridized carbons (Fsp3) is 0.458. The molecule has 30 heavy (non-hydrogen) atoms. The molecule has 0 saturated carbocycles. The first-order valence-electron chi connectivity index (χ1n) is 10.7. The van der Waals surface area contributed by atoms with Gasteiger partial charge in [-0.3, -0.25) is 4.79 Å². The van der Waals surface area contributed by atoms with Gasteiger partial charge in [0.1, 0.15) is 5.75 Å². The third-order valence-corrected chi connectivity index (χ3v) is 5.24. The highest BCUT2D eigenvalue weighted by atomic mass is 16.5. The number of ether oxygens (including phenoxy) is 3. The average molecular weight is 413 g/mol. The molecule has 1 aliphatic heterocycles. The van der Waals surface area contributed by atoms with Gasteiger partial charge in [0.15, 0.2) is 11.5 Å². The van der Waals surface area contributed by atoms with Gasteiger partial charge in [-0.25, -0.2) is 0 Å². The van der Waals surface area contributed by atoms with Crippen LogP contribution in [0.3, 0.4) is 0 Å². The van der Waals surface area contributed by atoms with E-state index in [-0.39, 0.29) is 11.9 Å². The van der Waals surface area contributed by atoms with Crippen molar-refractivity contribution in [2.75, 3.05) is 38.3 Å². The van der Waals surface area contributed by atoms with Crippen molar-refractivity contribution in [2.24, 2.45) is 0 Å². The van der Waals surface area contributed by atoms with E-state index in [2.05, 4.69) is 29.3 Å². The number of amides is 1. The minimum absolute atomic E-state index is 0.0686. The molecule has 0 unspecified atom stereocenters. The summed E-state index contributed by atoms with van der Waals surface area (Å²) in [6.07, 6.45) is 2.74. The monoisotopic (exact) mass is 412 g/mol. The molecule has 1 heterocycles. The Morgan fingerprint density at radius 3 is 2.40 bits per heavy atom. The zero-order valence-electron chi connectivity index (χ0n) is 18.1. The van der Waals surface area contributed by atoms with Gasteiger partial charge in [0, 0.05) is 30.4 Å². The van der Waals surface area contributed by atoms with E-state index < -0.39 is 0 Å². The van der Waals surface area contributed by atoms with Crippen LogP contribution in [0.25, 0.3) is 0 Å². The number of nitrogens with one attached hydrogen (secondary N) is 1. The molecular weight excluding hydrogens is 380 g/mol. The summed E-state index contributed by atoms with van der Waals surface area (Å²) in [6, 6.07) is 13.7. The number of hydrogen-bond acceptors (Lipinski definition) is 5. The number of benzene rings is 2. The number of rotatable bonds is 9. The molecular formula is C24H32N2O4. The lowest BCUT2D eigenvalue weighted by atomic mass is 10.0. The number of piperidine rings is 1. The third-order valence-electron chi connectivity index (χ3n) is 5.24. The minimum atomic E-state index is -0.0686. The van der Waals surface area contributed by atoms with Crippen molar-refractivity contribution in [3.05, 3.63) is 48.0 Å². The van der Waals surface area contributed by atoms with Crippen LogP contribution in [-0.2, 0) is 0 Å². The quantitative estimate of drug-likeness (QED) is 0.666.